The molecule has 0 radical (unpaired) electrons. The van der Waals surface area contributed by atoms with E-state index in [1.54, 1.807) is 42.5 Å². The second-order valence-corrected chi connectivity index (χ2v) is 6.17. The summed E-state index contributed by atoms with van der Waals surface area (Å²) in [7, 11) is 0. The lowest BCUT2D eigenvalue weighted by atomic mass is 10.0. The topological polar surface area (TPSA) is 140 Å². The number of phenols is 2. The van der Waals surface area contributed by atoms with Crippen molar-refractivity contribution in [3.05, 3.63) is 53.6 Å². The zero-order valence-electron chi connectivity index (χ0n) is 14.1. The van der Waals surface area contributed by atoms with Crippen LogP contribution in [-0.2, 0) is 4.74 Å². The van der Waals surface area contributed by atoms with Crippen molar-refractivity contribution in [3.63, 3.8) is 0 Å². The van der Waals surface area contributed by atoms with Gasteiger partial charge >= 0.3 is 0 Å². The fourth-order valence-corrected chi connectivity index (χ4v) is 2.61. The van der Waals surface area contributed by atoms with Gasteiger partial charge < -0.3 is 40.1 Å². The second kappa shape index (κ2) is 7.95. The number of hydrogen-bond donors (Lipinski definition) is 6. The van der Waals surface area contributed by atoms with Crippen LogP contribution >= 0.6 is 0 Å². The third kappa shape index (κ3) is 4.57. The first-order valence-corrected chi connectivity index (χ1v) is 8.19. The fraction of sp³-hybridized carbons (Fsp3) is 0.263. The molecule has 0 aromatic heterocycles. The lowest BCUT2D eigenvalue weighted by Crippen LogP contribution is -2.59. The molecule has 1 fully saturated rings. The van der Waals surface area contributed by atoms with E-state index in [0.29, 0.717) is 5.56 Å². The highest BCUT2D eigenvalue weighted by Crippen LogP contribution is 2.28. The molecule has 1 heterocycles. The summed E-state index contributed by atoms with van der Waals surface area (Å²) >= 11 is 0. The van der Waals surface area contributed by atoms with Gasteiger partial charge in [0.15, 0.2) is 6.29 Å². The van der Waals surface area contributed by atoms with E-state index in [-0.39, 0.29) is 17.2 Å². The van der Waals surface area contributed by atoms with Crippen LogP contribution in [0.25, 0.3) is 12.2 Å². The van der Waals surface area contributed by atoms with Gasteiger partial charge in [-0.15, -0.1) is 0 Å². The van der Waals surface area contributed by atoms with Gasteiger partial charge in [-0.2, -0.15) is 0 Å². The smallest absolute Gasteiger partial charge is 0.231 e. The molecule has 1 aliphatic heterocycles. The first-order chi connectivity index (χ1) is 12.8. The van der Waals surface area contributed by atoms with E-state index in [9.17, 15) is 30.6 Å². The van der Waals surface area contributed by atoms with Crippen molar-refractivity contribution >= 4 is 12.2 Å². The van der Waals surface area contributed by atoms with Crippen LogP contribution in [0.3, 0.4) is 0 Å². The van der Waals surface area contributed by atoms with Gasteiger partial charge in [0.05, 0.1) is 0 Å². The quantitative estimate of drug-likeness (QED) is 0.422. The molecule has 0 bridgehead atoms. The van der Waals surface area contributed by atoms with Gasteiger partial charge in [0.25, 0.3) is 0 Å². The molecule has 0 spiro atoms. The number of benzene rings is 2. The molecule has 5 unspecified atom stereocenters. The Kier molecular flexibility index (Phi) is 5.64. The summed E-state index contributed by atoms with van der Waals surface area (Å²) in [5.74, 6) is 0.171. The van der Waals surface area contributed by atoms with Gasteiger partial charge in [-0.25, -0.2) is 0 Å². The Labute approximate surface area is 154 Å². The summed E-state index contributed by atoms with van der Waals surface area (Å²) in [4.78, 5) is 0. The minimum absolute atomic E-state index is 0.107. The monoisotopic (exact) mass is 376 g/mol. The molecule has 2 aromatic rings. The zero-order valence-corrected chi connectivity index (χ0v) is 14.1. The van der Waals surface area contributed by atoms with Crippen LogP contribution in [0.1, 0.15) is 11.1 Å². The molecule has 1 saturated heterocycles. The first-order valence-electron chi connectivity index (χ1n) is 8.19. The summed E-state index contributed by atoms with van der Waals surface area (Å²) in [5.41, 5.74) is 1.40. The van der Waals surface area contributed by atoms with Crippen LogP contribution in [0, 0.1) is 0 Å². The average Bonchev–Trinajstić information content (AvgIpc) is 2.63. The van der Waals surface area contributed by atoms with Crippen molar-refractivity contribution in [2.45, 2.75) is 30.9 Å². The first kappa shape index (κ1) is 19.2. The van der Waals surface area contributed by atoms with Gasteiger partial charge in [0.1, 0.15) is 35.6 Å². The van der Waals surface area contributed by atoms with E-state index in [4.69, 9.17) is 9.47 Å². The predicted octanol–water partition coefficient (Wildman–Crippen LogP) is 0.404. The second-order valence-electron chi connectivity index (χ2n) is 6.17. The van der Waals surface area contributed by atoms with Gasteiger partial charge in [-0.05, 0) is 35.4 Å². The molecule has 2 aromatic carbocycles. The molecule has 3 rings (SSSR count). The zero-order chi connectivity index (χ0) is 19.6. The van der Waals surface area contributed by atoms with Crippen molar-refractivity contribution in [1.82, 2.24) is 0 Å². The summed E-state index contributed by atoms with van der Waals surface area (Å²) in [6.07, 6.45) is -4.61. The van der Waals surface area contributed by atoms with Gasteiger partial charge in [0.2, 0.25) is 6.29 Å². The molecule has 5 atom stereocenters. The highest BCUT2D eigenvalue weighted by Gasteiger charge is 2.44. The Morgan fingerprint density at radius 1 is 0.741 bits per heavy atom. The predicted molar refractivity (Wildman–Crippen MR) is 94.7 cm³/mol. The van der Waals surface area contributed by atoms with Crippen LogP contribution in [0.2, 0.25) is 0 Å². The lowest BCUT2D eigenvalue weighted by Gasteiger charge is -2.37. The molecule has 0 aliphatic carbocycles. The lowest BCUT2D eigenvalue weighted by molar-refractivity contribution is -0.321. The minimum Gasteiger partial charge on any atom is -0.508 e. The molecular weight excluding hydrogens is 356 g/mol. The van der Waals surface area contributed by atoms with E-state index >= 15 is 0 Å². The van der Waals surface area contributed by atoms with E-state index in [1.807, 2.05) is 0 Å². The van der Waals surface area contributed by atoms with E-state index < -0.39 is 30.9 Å². The minimum atomic E-state index is -1.72. The van der Waals surface area contributed by atoms with Crippen LogP contribution in [0.5, 0.6) is 17.2 Å². The molecule has 8 nitrogen and oxygen atoms in total. The third-order valence-electron chi connectivity index (χ3n) is 4.07. The van der Waals surface area contributed by atoms with Crippen molar-refractivity contribution in [1.29, 1.82) is 0 Å². The number of aliphatic hydroxyl groups is 4. The SMILES string of the molecule is Oc1ccc(C=Cc2cc(O)cc(OC3OC(O)C(O)C(O)C3O)c2)cc1. The Hall–Kier alpha value is -2.62. The number of phenolic OH excluding ortho intramolecular Hbond substituents is 2. The average molecular weight is 376 g/mol. The summed E-state index contributed by atoms with van der Waals surface area (Å²) in [6, 6.07) is 10.8. The molecule has 144 valence electrons. The van der Waals surface area contributed by atoms with Crippen LogP contribution in [0.15, 0.2) is 42.5 Å². The van der Waals surface area contributed by atoms with Crippen molar-refractivity contribution in [2.24, 2.45) is 0 Å². The molecule has 0 amide bonds. The molecule has 0 saturated carbocycles. The van der Waals surface area contributed by atoms with Gasteiger partial charge in [0, 0.05) is 6.07 Å². The Balaban J connectivity index is 1.76. The molecule has 6 N–H and O–H groups in total. The van der Waals surface area contributed by atoms with E-state index in [2.05, 4.69) is 0 Å². The van der Waals surface area contributed by atoms with Gasteiger partial charge in [-0.1, -0.05) is 24.3 Å². The highest BCUT2D eigenvalue weighted by atomic mass is 16.7. The maximum atomic E-state index is 9.93. The van der Waals surface area contributed by atoms with E-state index in [0.717, 1.165) is 5.56 Å². The molecule has 8 heteroatoms. The van der Waals surface area contributed by atoms with Crippen molar-refractivity contribution < 1.29 is 40.1 Å². The van der Waals surface area contributed by atoms with Crippen molar-refractivity contribution in [3.8, 4) is 17.2 Å². The van der Waals surface area contributed by atoms with Gasteiger partial charge in [-0.3, -0.25) is 0 Å². The summed E-state index contributed by atoms with van der Waals surface area (Å²) in [5, 5.41) is 57.8. The summed E-state index contributed by atoms with van der Waals surface area (Å²) < 4.78 is 10.4. The standard InChI is InChI=1S/C19H20O8/c20-12-5-3-10(4-6-12)1-2-11-7-13(21)9-14(8-11)26-19-17(24)15(22)16(23)18(25)27-19/h1-9,15-25H. The van der Waals surface area contributed by atoms with Crippen LogP contribution in [0.4, 0.5) is 0 Å². The number of hydrogen-bond acceptors (Lipinski definition) is 8. The number of ether oxygens (including phenoxy) is 2. The Bertz CT molecular complexity index is 804. The van der Waals surface area contributed by atoms with Crippen molar-refractivity contribution in [2.75, 3.05) is 0 Å². The highest BCUT2D eigenvalue weighted by molar-refractivity contribution is 5.71. The molecule has 1 aliphatic rings. The molecular formula is C19H20O8. The number of aliphatic hydroxyl groups excluding tert-OH is 4. The van der Waals surface area contributed by atoms with Crippen LogP contribution < -0.4 is 4.74 Å². The fourth-order valence-electron chi connectivity index (χ4n) is 2.61. The largest absolute Gasteiger partial charge is 0.508 e. The maximum absolute atomic E-state index is 9.93. The number of rotatable bonds is 4. The normalized spacial score (nSPS) is 28.4. The van der Waals surface area contributed by atoms with E-state index in [1.165, 1.54) is 12.1 Å². The Morgan fingerprint density at radius 3 is 2.11 bits per heavy atom. The van der Waals surface area contributed by atoms with Crippen LogP contribution in [-0.4, -0.2) is 61.5 Å². The Morgan fingerprint density at radius 2 is 1.41 bits per heavy atom. The maximum Gasteiger partial charge on any atom is 0.231 e. The summed E-state index contributed by atoms with van der Waals surface area (Å²) in [6.45, 7) is 0. The molecule has 27 heavy (non-hydrogen) atoms. The number of aromatic hydroxyl groups is 2. The third-order valence-corrected chi connectivity index (χ3v) is 4.07.